The fourth-order valence-corrected chi connectivity index (χ4v) is 8.26. The molecule has 0 fully saturated rings. The van der Waals surface area contributed by atoms with Gasteiger partial charge in [0.25, 0.3) is 0 Å². The zero-order valence-corrected chi connectivity index (χ0v) is 40.8. The molecule has 0 heterocycles. The number of esters is 1. The zero-order valence-electron chi connectivity index (χ0n) is 40.8. The molecule has 0 saturated heterocycles. The summed E-state index contributed by atoms with van der Waals surface area (Å²) in [6.45, 7) is 6.36. The molecule has 0 aliphatic carbocycles. The zero-order chi connectivity index (χ0) is 44.5. The molecule has 61 heavy (non-hydrogen) atoms. The van der Waals surface area contributed by atoms with E-state index in [9.17, 15) is 19.8 Å². The van der Waals surface area contributed by atoms with Gasteiger partial charge >= 0.3 is 5.97 Å². The first-order chi connectivity index (χ1) is 30.0. The van der Waals surface area contributed by atoms with Crippen LogP contribution in [0.4, 0.5) is 0 Å². The number of amides is 1. The molecule has 0 radical (unpaired) electrons. The van der Waals surface area contributed by atoms with E-state index in [-0.39, 0.29) is 24.9 Å². The van der Waals surface area contributed by atoms with Crippen molar-refractivity contribution in [2.24, 2.45) is 0 Å². The van der Waals surface area contributed by atoms with Crippen LogP contribution in [0.3, 0.4) is 0 Å². The lowest BCUT2D eigenvalue weighted by atomic mass is 10.0. The van der Waals surface area contributed by atoms with Crippen LogP contribution < -0.4 is 5.32 Å². The van der Waals surface area contributed by atoms with Gasteiger partial charge in [-0.05, 0) is 44.9 Å². The predicted molar refractivity (Wildman–Crippen MR) is 264 cm³/mol. The fraction of sp³-hybridized carbons (Fsp3) is 0.855. The van der Waals surface area contributed by atoms with Crippen LogP contribution in [-0.4, -0.2) is 46.9 Å². The van der Waals surface area contributed by atoms with Crippen LogP contribution in [-0.2, 0) is 14.3 Å². The molecule has 3 N–H and O–H groups in total. The summed E-state index contributed by atoms with van der Waals surface area (Å²) in [6.07, 6.45) is 57.8. The van der Waals surface area contributed by atoms with Gasteiger partial charge in [0.05, 0.1) is 25.2 Å². The summed E-state index contributed by atoms with van der Waals surface area (Å²) >= 11 is 0. The summed E-state index contributed by atoms with van der Waals surface area (Å²) in [7, 11) is 0. The van der Waals surface area contributed by atoms with Crippen molar-refractivity contribution in [1.82, 2.24) is 5.32 Å². The van der Waals surface area contributed by atoms with Crippen LogP contribution >= 0.6 is 0 Å². The normalized spacial score (nSPS) is 13.5. The van der Waals surface area contributed by atoms with Gasteiger partial charge in [0.2, 0.25) is 5.91 Å². The molecule has 0 aliphatic heterocycles. The van der Waals surface area contributed by atoms with Gasteiger partial charge in [-0.25, -0.2) is 0 Å². The van der Waals surface area contributed by atoms with Crippen LogP contribution in [0, 0.1) is 0 Å². The lowest BCUT2D eigenvalue weighted by Gasteiger charge is -2.24. The van der Waals surface area contributed by atoms with Gasteiger partial charge in [-0.15, -0.1) is 0 Å². The smallest absolute Gasteiger partial charge is 0.306 e. The number of hydrogen-bond donors (Lipinski definition) is 3. The third-order valence-electron chi connectivity index (χ3n) is 12.3. The highest BCUT2D eigenvalue weighted by Gasteiger charge is 2.24. The molecule has 358 valence electrons. The third-order valence-corrected chi connectivity index (χ3v) is 12.3. The van der Waals surface area contributed by atoms with Gasteiger partial charge < -0.3 is 20.3 Å². The Hall–Kier alpha value is -1.92. The van der Waals surface area contributed by atoms with Crippen molar-refractivity contribution in [2.75, 3.05) is 6.61 Å². The van der Waals surface area contributed by atoms with Crippen molar-refractivity contribution in [1.29, 1.82) is 0 Å². The average molecular weight is 858 g/mol. The van der Waals surface area contributed by atoms with Gasteiger partial charge in [0, 0.05) is 6.42 Å². The Morgan fingerprint density at radius 3 is 1.33 bits per heavy atom. The van der Waals surface area contributed by atoms with E-state index >= 15 is 0 Å². The predicted octanol–water partition coefficient (Wildman–Crippen LogP) is 16.1. The van der Waals surface area contributed by atoms with Crippen molar-refractivity contribution in [3.05, 3.63) is 36.5 Å². The topological polar surface area (TPSA) is 95.9 Å². The van der Waals surface area contributed by atoms with E-state index in [0.717, 1.165) is 64.2 Å². The van der Waals surface area contributed by atoms with Crippen LogP contribution in [0.15, 0.2) is 36.5 Å². The number of nitrogens with one attached hydrogen (secondary N) is 1. The summed E-state index contributed by atoms with van der Waals surface area (Å²) < 4.78 is 5.94. The molecule has 0 aromatic heterocycles. The van der Waals surface area contributed by atoms with E-state index in [1.165, 1.54) is 167 Å². The lowest BCUT2D eigenvalue weighted by Crippen LogP contribution is -2.46. The highest BCUT2D eigenvalue weighted by atomic mass is 16.5. The van der Waals surface area contributed by atoms with Gasteiger partial charge in [-0.3, -0.25) is 9.59 Å². The highest BCUT2D eigenvalue weighted by molar-refractivity contribution is 5.77. The van der Waals surface area contributed by atoms with Crippen molar-refractivity contribution < 1.29 is 24.5 Å². The Balaban J connectivity index is 4.55. The Bertz CT molecular complexity index is 1010. The monoisotopic (exact) mass is 858 g/mol. The first-order valence-corrected chi connectivity index (χ1v) is 26.7. The average Bonchev–Trinajstić information content (AvgIpc) is 3.25. The van der Waals surface area contributed by atoms with E-state index in [1.807, 2.05) is 0 Å². The molecule has 0 rings (SSSR count). The van der Waals surface area contributed by atoms with E-state index in [1.54, 1.807) is 0 Å². The minimum Gasteiger partial charge on any atom is -0.462 e. The Morgan fingerprint density at radius 1 is 0.492 bits per heavy atom. The summed E-state index contributed by atoms with van der Waals surface area (Å²) in [5, 5.41) is 23.7. The minimum atomic E-state index is -0.786. The molecule has 0 aromatic rings. The number of aliphatic hydroxyl groups excluding tert-OH is 2. The quantitative estimate of drug-likeness (QED) is 0.0322. The molecule has 0 saturated carbocycles. The maximum atomic E-state index is 13.2. The number of carbonyl (C=O) groups excluding carboxylic acids is 2. The van der Waals surface area contributed by atoms with Gasteiger partial charge in [-0.1, -0.05) is 256 Å². The molecule has 0 aliphatic rings. The number of allylic oxidation sites excluding steroid dienone is 6. The maximum absolute atomic E-state index is 13.2. The lowest BCUT2D eigenvalue weighted by molar-refractivity contribution is -0.151. The van der Waals surface area contributed by atoms with E-state index in [4.69, 9.17) is 4.74 Å². The van der Waals surface area contributed by atoms with Crippen molar-refractivity contribution >= 4 is 11.9 Å². The van der Waals surface area contributed by atoms with Crippen LogP contribution in [0.25, 0.3) is 0 Å². The van der Waals surface area contributed by atoms with E-state index in [0.29, 0.717) is 19.3 Å². The summed E-state index contributed by atoms with van der Waals surface area (Å²) in [5.41, 5.74) is 0. The molecule has 0 spiro atoms. The van der Waals surface area contributed by atoms with Crippen LogP contribution in [0.2, 0.25) is 0 Å². The van der Waals surface area contributed by atoms with Gasteiger partial charge in [0.1, 0.15) is 6.10 Å². The number of unbranched alkanes of at least 4 members (excludes halogenated alkanes) is 32. The standard InChI is InChI=1S/C55H103NO5/c1-4-7-10-13-16-19-22-24-26-27-29-30-32-34-37-40-43-46-51(61-55(60)48-45-42-39-36-33-31-28-25-23-20-17-14-11-8-5-2)49-54(59)56-52(50-57)53(58)47-44-41-38-35-21-18-15-12-9-6-3/h8,11,14,17,20,23,51-53,57-58H,4-7,9-10,12-13,15-16,18-19,21-22,24-50H2,1-3H3,(H,56,59)/b11-8+,17-14+,23-20+. The Labute approximate surface area is 379 Å². The largest absolute Gasteiger partial charge is 0.462 e. The summed E-state index contributed by atoms with van der Waals surface area (Å²) in [6, 6.07) is -0.700. The van der Waals surface area contributed by atoms with E-state index < -0.39 is 18.2 Å². The number of rotatable bonds is 48. The first kappa shape index (κ1) is 59.1. The number of hydrogen-bond acceptors (Lipinski definition) is 5. The molecule has 0 bridgehead atoms. The van der Waals surface area contributed by atoms with Crippen molar-refractivity contribution in [3.8, 4) is 0 Å². The first-order valence-electron chi connectivity index (χ1n) is 26.7. The minimum absolute atomic E-state index is 0.0768. The Morgan fingerprint density at radius 2 is 0.885 bits per heavy atom. The van der Waals surface area contributed by atoms with Gasteiger partial charge in [-0.2, -0.15) is 0 Å². The molecule has 3 atom stereocenters. The summed E-state index contributed by atoms with van der Waals surface area (Å²) in [4.78, 5) is 26.2. The van der Waals surface area contributed by atoms with Gasteiger partial charge in [0.15, 0.2) is 0 Å². The molecule has 3 unspecified atom stereocenters. The highest BCUT2D eigenvalue weighted by Crippen LogP contribution is 2.19. The summed E-state index contributed by atoms with van der Waals surface area (Å²) in [5.74, 6) is -0.475. The second kappa shape index (κ2) is 49.1. The number of aliphatic hydroxyl groups is 2. The molecular weight excluding hydrogens is 755 g/mol. The molecule has 6 nitrogen and oxygen atoms in total. The number of carbonyl (C=O) groups is 2. The SMILES string of the molecule is CC/C=C/C=C/C=C/CCCCCCCCCC(=O)OC(CCCCCCCCCCCCCCCCCCC)CC(=O)NC(CO)C(O)CCCCCCCCCCCC. The van der Waals surface area contributed by atoms with Crippen LogP contribution in [0.1, 0.15) is 278 Å². The maximum Gasteiger partial charge on any atom is 0.306 e. The van der Waals surface area contributed by atoms with Crippen LogP contribution in [0.5, 0.6) is 0 Å². The second-order valence-corrected chi connectivity index (χ2v) is 18.3. The fourth-order valence-electron chi connectivity index (χ4n) is 8.26. The molecule has 6 heteroatoms. The second-order valence-electron chi connectivity index (χ2n) is 18.3. The van der Waals surface area contributed by atoms with Crippen molar-refractivity contribution in [2.45, 2.75) is 296 Å². The molecule has 0 aromatic carbocycles. The third kappa shape index (κ3) is 44.5. The molecular formula is C55H103NO5. The number of ether oxygens (including phenoxy) is 1. The Kier molecular flexibility index (Phi) is 47.6. The van der Waals surface area contributed by atoms with Crippen molar-refractivity contribution in [3.63, 3.8) is 0 Å². The van der Waals surface area contributed by atoms with E-state index in [2.05, 4.69) is 62.5 Å². The molecule has 1 amide bonds.